The van der Waals surface area contributed by atoms with Crippen LogP contribution in [0.2, 0.25) is 0 Å². The molecule has 0 saturated carbocycles. The van der Waals surface area contributed by atoms with Crippen molar-refractivity contribution in [1.82, 2.24) is 5.32 Å². The number of ether oxygens (including phenoxy) is 1. The average Bonchev–Trinajstić information content (AvgIpc) is 2.31. The second-order valence-corrected chi connectivity index (χ2v) is 3.87. The van der Waals surface area contributed by atoms with Gasteiger partial charge in [0.2, 0.25) is 0 Å². The Morgan fingerprint density at radius 3 is 2.62 bits per heavy atom. The third-order valence-corrected chi connectivity index (χ3v) is 2.81. The SMILES string of the molecule is COc1ccccc1NC1CCNCC1.Cl. The minimum Gasteiger partial charge on any atom is -0.495 e. The van der Waals surface area contributed by atoms with E-state index < -0.39 is 0 Å². The zero-order chi connectivity index (χ0) is 10.5. The molecule has 1 heterocycles. The van der Waals surface area contributed by atoms with Gasteiger partial charge in [-0.2, -0.15) is 0 Å². The fourth-order valence-corrected chi connectivity index (χ4v) is 1.95. The van der Waals surface area contributed by atoms with Crippen molar-refractivity contribution >= 4 is 18.1 Å². The van der Waals surface area contributed by atoms with Gasteiger partial charge in [0.1, 0.15) is 5.75 Å². The maximum Gasteiger partial charge on any atom is 0.141 e. The predicted octanol–water partition coefficient (Wildman–Crippen LogP) is 2.28. The number of halogens is 1. The Labute approximate surface area is 103 Å². The van der Waals surface area contributed by atoms with E-state index in [1.165, 1.54) is 12.8 Å². The highest BCUT2D eigenvalue weighted by atomic mass is 35.5. The molecule has 0 unspecified atom stereocenters. The van der Waals surface area contributed by atoms with E-state index in [1.807, 2.05) is 18.2 Å². The first-order valence-corrected chi connectivity index (χ1v) is 5.50. The van der Waals surface area contributed by atoms with E-state index in [4.69, 9.17) is 4.74 Å². The van der Waals surface area contributed by atoms with E-state index in [2.05, 4.69) is 16.7 Å². The van der Waals surface area contributed by atoms with Gasteiger partial charge in [-0.05, 0) is 38.1 Å². The smallest absolute Gasteiger partial charge is 0.141 e. The number of para-hydroxylation sites is 2. The van der Waals surface area contributed by atoms with Crippen molar-refractivity contribution in [3.8, 4) is 5.75 Å². The van der Waals surface area contributed by atoms with Crippen LogP contribution in [0.1, 0.15) is 12.8 Å². The molecular weight excluding hydrogens is 224 g/mol. The lowest BCUT2D eigenvalue weighted by molar-refractivity contribution is 0.414. The molecule has 16 heavy (non-hydrogen) atoms. The highest BCUT2D eigenvalue weighted by molar-refractivity contribution is 5.85. The minimum atomic E-state index is 0. The molecule has 90 valence electrons. The van der Waals surface area contributed by atoms with Gasteiger partial charge in [0.25, 0.3) is 0 Å². The van der Waals surface area contributed by atoms with Gasteiger partial charge >= 0.3 is 0 Å². The molecule has 2 N–H and O–H groups in total. The summed E-state index contributed by atoms with van der Waals surface area (Å²) < 4.78 is 5.31. The van der Waals surface area contributed by atoms with Gasteiger partial charge in [0.05, 0.1) is 12.8 Å². The first kappa shape index (κ1) is 13.1. The van der Waals surface area contributed by atoms with Crippen LogP contribution in [0.4, 0.5) is 5.69 Å². The molecule has 4 heteroatoms. The van der Waals surface area contributed by atoms with Crippen molar-refractivity contribution in [2.75, 3.05) is 25.5 Å². The molecule has 0 aromatic heterocycles. The Bertz CT molecular complexity index is 314. The molecule has 0 radical (unpaired) electrons. The zero-order valence-electron chi connectivity index (χ0n) is 9.53. The van der Waals surface area contributed by atoms with Gasteiger partial charge in [-0.25, -0.2) is 0 Å². The van der Waals surface area contributed by atoms with Crippen LogP contribution < -0.4 is 15.4 Å². The summed E-state index contributed by atoms with van der Waals surface area (Å²) in [6.07, 6.45) is 2.36. The number of anilines is 1. The molecule has 0 atom stereocenters. The topological polar surface area (TPSA) is 33.3 Å². The summed E-state index contributed by atoms with van der Waals surface area (Å²) in [7, 11) is 1.71. The Balaban J connectivity index is 0.00000128. The largest absolute Gasteiger partial charge is 0.495 e. The summed E-state index contributed by atoms with van der Waals surface area (Å²) in [5, 5.41) is 6.89. The van der Waals surface area contributed by atoms with Crippen LogP contribution in [-0.2, 0) is 0 Å². The zero-order valence-corrected chi connectivity index (χ0v) is 10.3. The molecule has 2 rings (SSSR count). The van der Waals surface area contributed by atoms with Crippen LogP contribution in [0.25, 0.3) is 0 Å². The van der Waals surface area contributed by atoms with Crippen LogP contribution in [0.15, 0.2) is 24.3 Å². The van der Waals surface area contributed by atoms with Crippen molar-refractivity contribution in [3.05, 3.63) is 24.3 Å². The number of methoxy groups -OCH3 is 1. The van der Waals surface area contributed by atoms with Crippen LogP contribution in [0, 0.1) is 0 Å². The number of rotatable bonds is 3. The predicted molar refractivity (Wildman–Crippen MR) is 69.8 cm³/mol. The number of hydrogen-bond donors (Lipinski definition) is 2. The van der Waals surface area contributed by atoms with Gasteiger partial charge in [-0.15, -0.1) is 12.4 Å². The van der Waals surface area contributed by atoms with Gasteiger partial charge < -0.3 is 15.4 Å². The molecule has 0 bridgehead atoms. The van der Waals surface area contributed by atoms with Crippen LogP contribution >= 0.6 is 12.4 Å². The summed E-state index contributed by atoms with van der Waals surface area (Å²) in [6.45, 7) is 2.21. The monoisotopic (exact) mass is 242 g/mol. The maximum absolute atomic E-state index is 5.31. The lowest BCUT2D eigenvalue weighted by Crippen LogP contribution is -2.35. The van der Waals surface area contributed by atoms with E-state index >= 15 is 0 Å². The molecule has 1 aliphatic rings. The molecular formula is C12H19ClN2O. The third kappa shape index (κ3) is 3.29. The number of piperidine rings is 1. The fraction of sp³-hybridized carbons (Fsp3) is 0.500. The highest BCUT2D eigenvalue weighted by Gasteiger charge is 2.13. The molecule has 1 aliphatic heterocycles. The van der Waals surface area contributed by atoms with Crippen molar-refractivity contribution in [3.63, 3.8) is 0 Å². The van der Waals surface area contributed by atoms with E-state index in [9.17, 15) is 0 Å². The molecule has 0 aliphatic carbocycles. The maximum atomic E-state index is 5.31. The number of benzene rings is 1. The van der Waals surface area contributed by atoms with Crippen LogP contribution in [0.5, 0.6) is 5.75 Å². The summed E-state index contributed by atoms with van der Waals surface area (Å²) in [4.78, 5) is 0. The van der Waals surface area contributed by atoms with Crippen molar-refractivity contribution < 1.29 is 4.74 Å². The lowest BCUT2D eigenvalue weighted by atomic mass is 10.1. The normalized spacial score (nSPS) is 16.3. The Hall–Kier alpha value is -0.930. The highest BCUT2D eigenvalue weighted by Crippen LogP contribution is 2.25. The Morgan fingerprint density at radius 2 is 1.94 bits per heavy atom. The first-order chi connectivity index (χ1) is 7.40. The van der Waals surface area contributed by atoms with Gasteiger partial charge in [0, 0.05) is 6.04 Å². The second kappa shape index (κ2) is 6.61. The summed E-state index contributed by atoms with van der Waals surface area (Å²) in [5.41, 5.74) is 1.10. The van der Waals surface area contributed by atoms with Gasteiger partial charge in [-0.1, -0.05) is 12.1 Å². The van der Waals surface area contributed by atoms with Crippen molar-refractivity contribution in [2.24, 2.45) is 0 Å². The quantitative estimate of drug-likeness (QED) is 0.853. The number of nitrogens with one attached hydrogen (secondary N) is 2. The molecule has 3 nitrogen and oxygen atoms in total. The first-order valence-electron chi connectivity index (χ1n) is 5.50. The number of hydrogen-bond acceptors (Lipinski definition) is 3. The van der Waals surface area contributed by atoms with Crippen molar-refractivity contribution in [2.45, 2.75) is 18.9 Å². The second-order valence-electron chi connectivity index (χ2n) is 3.87. The van der Waals surface area contributed by atoms with Gasteiger partial charge in [0.15, 0.2) is 0 Å². The van der Waals surface area contributed by atoms with E-state index in [1.54, 1.807) is 7.11 Å². The summed E-state index contributed by atoms with van der Waals surface area (Å²) in [6, 6.07) is 8.66. The minimum absolute atomic E-state index is 0. The Morgan fingerprint density at radius 1 is 1.25 bits per heavy atom. The Kier molecular flexibility index (Phi) is 5.43. The molecule has 0 amide bonds. The van der Waals surface area contributed by atoms with Gasteiger partial charge in [-0.3, -0.25) is 0 Å². The average molecular weight is 243 g/mol. The van der Waals surface area contributed by atoms with E-state index in [0.29, 0.717) is 6.04 Å². The molecule has 0 spiro atoms. The molecule has 1 saturated heterocycles. The van der Waals surface area contributed by atoms with E-state index in [0.717, 1.165) is 24.5 Å². The molecule has 1 aromatic carbocycles. The third-order valence-electron chi connectivity index (χ3n) is 2.81. The summed E-state index contributed by atoms with van der Waals surface area (Å²) >= 11 is 0. The molecule has 1 aromatic rings. The molecule has 1 fully saturated rings. The fourth-order valence-electron chi connectivity index (χ4n) is 1.95. The van der Waals surface area contributed by atoms with E-state index in [-0.39, 0.29) is 12.4 Å². The van der Waals surface area contributed by atoms with Crippen molar-refractivity contribution in [1.29, 1.82) is 0 Å². The standard InChI is InChI=1S/C12H18N2O.ClH/c1-15-12-5-3-2-4-11(12)14-10-6-8-13-9-7-10;/h2-5,10,13-14H,6-9H2,1H3;1H. The van der Waals surface area contributed by atoms with Crippen LogP contribution in [-0.4, -0.2) is 26.2 Å². The van der Waals surface area contributed by atoms with Crippen LogP contribution in [0.3, 0.4) is 0 Å². The lowest BCUT2D eigenvalue weighted by Gasteiger charge is -2.25. The summed E-state index contributed by atoms with van der Waals surface area (Å²) in [5.74, 6) is 0.927.